The molecule has 1 saturated heterocycles. The molecule has 164 valence electrons. The zero-order valence-electron chi connectivity index (χ0n) is 17.9. The quantitative estimate of drug-likeness (QED) is 0.455. The summed E-state index contributed by atoms with van der Waals surface area (Å²) < 4.78 is 30.4. The van der Waals surface area contributed by atoms with Crippen LogP contribution in [0, 0.1) is 18.6 Å². The van der Waals surface area contributed by atoms with Gasteiger partial charge in [-0.1, -0.05) is 6.08 Å². The summed E-state index contributed by atoms with van der Waals surface area (Å²) in [7, 11) is -0.902. The Morgan fingerprint density at radius 1 is 1.27 bits per heavy atom. The number of hydrogen-bond acceptors (Lipinski definition) is 6. The second kappa shape index (κ2) is 8.05. The van der Waals surface area contributed by atoms with E-state index >= 15 is 0 Å². The van der Waals surface area contributed by atoms with Gasteiger partial charge in [-0.15, -0.1) is 6.58 Å². The lowest BCUT2D eigenvalue weighted by Gasteiger charge is -2.17. The second-order valence-electron chi connectivity index (χ2n) is 8.62. The molecular formula is C20H30N6O2S2. The summed E-state index contributed by atoms with van der Waals surface area (Å²) in [6.45, 7) is 9.84. The molecule has 0 radical (unpaired) electrons. The van der Waals surface area contributed by atoms with Gasteiger partial charge in [0.15, 0.2) is 14.6 Å². The molecule has 0 N–H and O–H groups in total. The lowest BCUT2D eigenvalue weighted by molar-refractivity contribution is 0.242. The third-order valence-electron chi connectivity index (χ3n) is 6.04. The molecule has 3 heterocycles. The summed E-state index contributed by atoms with van der Waals surface area (Å²) >= 11 is 5.67. The third-order valence-corrected chi connectivity index (χ3v) is 8.22. The Morgan fingerprint density at radius 3 is 2.60 bits per heavy atom. The van der Waals surface area contributed by atoms with Crippen LogP contribution in [0.4, 0.5) is 0 Å². The van der Waals surface area contributed by atoms with Gasteiger partial charge >= 0.3 is 0 Å². The molecule has 2 aliphatic rings. The molecule has 1 aliphatic carbocycles. The molecule has 2 aromatic heterocycles. The van der Waals surface area contributed by atoms with Crippen molar-refractivity contribution in [2.75, 3.05) is 18.6 Å². The molecule has 4 rings (SSSR count). The van der Waals surface area contributed by atoms with Crippen molar-refractivity contribution in [3.8, 4) is 0 Å². The van der Waals surface area contributed by atoms with E-state index in [0.717, 1.165) is 27.5 Å². The molecule has 10 heteroatoms. The summed E-state index contributed by atoms with van der Waals surface area (Å²) in [6, 6.07) is -0.0583. The number of allylic oxidation sites excluding steroid dienone is 1. The Hall–Kier alpha value is -1.78. The predicted molar refractivity (Wildman–Crippen MR) is 119 cm³/mol. The number of aromatic nitrogens is 5. The molecule has 1 aliphatic heterocycles. The Kier molecular flexibility index (Phi) is 5.75. The minimum absolute atomic E-state index is 0.0583. The molecule has 2 fully saturated rings. The van der Waals surface area contributed by atoms with E-state index in [4.69, 9.17) is 17.3 Å². The van der Waals surface area contributed by atoms with E-state index < -0.39 is 9.84 Å². The highest BCUT2D eigenvalue weighted by Crippen LogP contribution is 2.39. The molecule has 0 bridgehead atoms. The van der Waals surface area contributed by atoms with E-state index in [1.54, 1.807) is 0 Å². The molecule has 0 spiro atoms. The lowest BCUT2D eigenvalue weighted by atomic mass is 10.2. The van der Waals surface area contributed by atoms with Crippen LogP contribution in [0.15, 0.2) is 12.7 Å². The first kappa shape index (κ1) is 21.5. The smallest absolute Gasteiger partial charge is 0.199 e. The zero-order chi connectivity index (χ0) is 21.6. The van der Waals surface area contributed by atoms with Crippen LogP contribution in [-0.4, -0.2) is 56.0 Å². The van der Waals surface area contributed by atoms with E-state index in [-0.39, 0.29) is 17.5 Å². The van der Waals surface area contributed by atoms with Crippen molar-refractivity contribution in [3.63, 3.8) is 0 Å². The fourth-order valence-corrected chi connectivity index (χ4v) is 6.25. The van der Waals surface area contributed by atoms with Crippen LogP contribution in [0.25, 0.3) is 0 Å². The average molecular weight is 451 g/mol. The normalized spacial score (nSPS) is 20.9. The van der Waals surface area contributed by atoms with Crippen LogP contribution in [-0.2, 0) is 29.6 Å². The summed E-state index contributed by atoms with van der Waals surface area (Å²) in [4.78, 5) is 2.17. The van der Waals surface area contributed by atoms with Crippen LogP contribution in [0.5, 0.6) is 0 Å². The van der Waals surface area contributed by atoms with Crippen LogP contribution < -0.4 is 0 Å². The standard InChI is InChI=1S/C20H30N6O2S2/c1-5-9-24-19(16-6-7-16)22-25(20(24)29)13-23(4)11-18-14(2)21-26(15(18)3)17-8-10-30(27,28)12-17/h5,16-17H,1,6-13H2,2-4H3/t17-/m1/s1. The summed E-state index contributed by atoms with van der Waals surface area (Å²) in [6.07, 6.45) is 4.85. The van der Waals surface area contributed by atoms with Crippen LogP contribution >= 0.6 is 12.2 Å². The van der Waals surface area contributed by atoms with E-state index in [9.17, 15) is 8.42 Å². The Balaban J connectivity index is 1.51. The average Bonchev–Trinajstić information content (AvgIpc) is 3.33. The number of nitrogens with zero attached hydrogens (tertiary/aromatic N) is 6. The molecule has 8 nitrogen and oxygen atoms in total. The van der Waals surface area contributed by atoms with Crippen molar-refractivity contribution < 1.29 is 8.42 Å². The number of sulfone groups is 1. The second-order valence-corrected chi connectivity index (χ2v) is 11.2. The molecule has 0 unspecified atom stereocenters. The summed E-state index contributed by atoms with van der Waals surface area (Å²) in [5, 5.41) is 9.48. The highest BCUT2D eigenvalue weighted by atomic mass is 32.2. The highest BCUT2D eigenvalue weighted by molar-refractivity contribution is 7.91. The maximum absolute atomic E-state index is 11.9. The highest BCUT2D eigenvalue weighted by Gasteiger charge is 2.32. The van der Waals surface area contributed by atoms with Gasteiger partial charge in [-0.05, 0) is 52.4 Å². The number of aryl methyl sites for hydroxylation is 1. The van der Waals surface area contributed by atoms with Gasteiger partial charge in [-0.2, -0.15) is 10.2 Å². The van der Waals surface area contributed by atoms with Crippen LogP contribution in [0.2, 0.25) is 0 Å². The molecule has 1 saturated carbocycles. The third kappa shape index (κ3) is 4.17. The summed E-state index contributed by atoms with van der Waals surface area (Å²) in [5.41, 5.74) is 3.13. The molecule has 2 aromatic rings. The monoisotopic (exact) mass is 450 g/mol. The van der Waals surface area contributed by atoms with E-state index in [0.29, 0.717) is 32.1 Å². The van der Waals surface area contributed by atoms with Gasteiger partial charge in [0.1, 0.15) is 5.82 Å². The van der Waals surface area contributed by atoms with E-state index in [1.807, 2.05) is 36.3 Å². The van der Waals surface area contributed by atoms with Crippen LogP contribution in [0.3, 0.4) is 0 Å². The van der Waals surface area contributed by atoms with E-state index in [2.05, 4.69) is 21.1 Å². The Labute approximate surface area is 183 Å². The fraction of sp³-hybridized carbons (Fsp3) is 0.650. The number of rotatable bonds is 8. The largest absolute Gasteiger partial charge is 0.300 e. The van der Waals surface area contributed by atoms with Crippen molar-refractivity contribution >= 4 is 22.1 Å². The minimum atomic E-state index is -2.94. The SMILES string of the molecule is C=CCn1c(C2CC2)nn(CN(C)Cc2c(C)nn([C@@H]3CCS(=O)(=O)C3)c2C)c1=S. The van der Waals surface area contributed by atoms with Gasteiger partial charge in [0.05, 0.1) is 29.9 Å². The predicted octanol–water partition coefficient (Wildman–Crippen LogP) is 2.74. The molecule has 0 aromatic carbocycles. The van der Waals surface area contributed by atoms with Gasteiger partial charge in [-0.3, -0.25) is 14.1 Å². The first-order chi connectivity index (χ1) is 14.2. The van der Waals surface area contributed by atoms with Crippen molar-refractivity contribution in [3.05, 3.63) is 40.2 Å². The van der Waals surface area contributed by atoms with Crippen molar-refractivity contribution in [2.45, 2.75) is 64.8 Å². The fourth-order valence-electron chi connectivity index (χ4n) is 4.29. The first-order valence-corrected chi connectivity index (χ1v) is 12.6. The topological polar surface area (TPSA) is 78.0 Å². The maximum Gasteiger partial charge on any atom is 0.199 e. The first-order valence-electron chi connectivity index (χ1n) is 10.4. The molecule has 30 heavy (non-hydrogen) atoms. The van der Waals surface area contributed by atoms with Gasteiger partial charge in [0, 0.05) is 30.3 Å². The lowest BCUT2D eigenvalue weighted by Crippen LogP contribution is -2.23. The molecule has 1 atom stereocenters. The van der Waals surface area contributed by atoms with Crippen molar-refractivity contribution in [1.82, 2.24) is 29.0 Å². The Morgan fingerprint density at radius 2 is 2.00 bits per heavy atom. The number of hydrogen-bond donors (Lipinski definition) is 0. The van der Waals surface area contributed by atoms with Gasteiger partial charge < -0.3 is 0 Å². The minimum Gasteiger partial charge on any atom is -0.300 e. The van der Waals surface area contributed by atoms with Crippen molar-refractivity contribution in [1.29, 1.82) is 0 Å². The zero-order valence-corrected chi connectivity index (χ0v) is 19.5. The Bertz CT molecular complexity index is 1120. The summed E-state index contributed by atoms with van der Waals surface area (Å²) in [5.74, 6) is 2.02. The molecule has 0 amide bonds. The van der Waals surface area contributed by atoms with Crippen molar-refractivity contribution in [2.24, 2.45) is 0 Å². The van der Waals surface area contributed by atoms with Crippen LogP contribution in [0.1, 0.15) is 54.0 Å². The van der Waals surface area contributed by atoms with Gasteiger partial charge in [-0.25, -0.2) is 13.1 Å². The maximum atomic E-state index is 11.9. The van der Waals surface area contributed by atoms with Gasteiger partial charge in [0.25, 0.3) is 0 Å². The van der Waals surface area contributed by atoms with Gasteiger partial charge in [0.2, 0.25) is 0 Å². The molecular weight excluding hydrogens is 420 g/mol. The van der Waals surface area contributed by atoms with E-state index in [1.165, 1.54) is 12.8 Å².